The lowest BCUT2D eigenvalue weighted by Crippen LogP contribution is -2.04. The van der Waals surface area contributed by atoms with Crippen LogP contribution >= 0.6 is 11.3 Å². The van der Waals surface area contributed by atoms with Crippen molar-refractivity contribution in [2.24, 2.45) is 5.92 Å². The predicted octanol–water partition coefficient (Wildman–Crippen LogP) is 6.86. The van der Waals surface area contributed by atoms with E-state index in [0.29, 0.717) is 0 Å². The van der Waals surface area contributed by atoms with Crippen molar-refractivity contribution in [3.63, 3.8) is 0 Å². The van der Waals surface area contributed by atoms with Crippen LogP contribution in [-0.2, 0) is 4.79 Å². The summed E-state index contributed by atoms with van der Waals surface area (Å²) in [7, 11) is 0. The van der Waals surface area contributed by atoms with Gasteiger partial charge in [-0.25, -0.2) is 0 Å². The molecule has 0 saturated carbocycles. The summed E-state index contributed by atoms with van der Waals surface area (Å²) in [5, 5.41) is 3.34. The summed E-state index contributed by atoms with van der Waals surface area (Å²) in [5.74, 6) is -0.0815. The van der Waals surface area contributed by atoms with E-state index in [0.717, 1.165) is 16.7 Å². The summed E-state index contributed by atoms with van der Waals surface area (Å²) < 4.78 is 1.28. The monoisotopic (exact) mass is 378 g/mol. The van der Waals surface area contributed by atoms with Crippen molar-refractivity contribution in [3.05, 3.63) is 108 Å². The van der Waals surface area contributed by atoms with Crippen LogP contribution in [0.1, 0.15) is 11.1 Å². The Hall–Kier alpha value is -3.23. The maximum absolute atomic E-state index is 12.8. The molecule has 2 aromatic rings. The molecule has 3 aliphatic rings. The van der Waals surface area contributed by atoms with Gasteiger partial charge in [0.1, 0.15) is 0 Å². The fraction of sp³-hybridized carbons (Fsp3) is 0.0385. The van der Waals surface area contributed by atoms with Crippen LogP contribution in [0.5, 0.6) is 0 Å². The maximum atomic E-state index is 12.8. The summed E-state index contributed by atoms with van der Waals surface area (Å²) in [6.07, 6.45) is 9.80. The van der Waals surface area contributed by atoms with Gasteiger partial charge in [-0.15, -0.1) is 11.3 Å². The van der Waals surface area contributed by atoms with Crippen molar-refractivity contribution in [2.45, 2.75) is 0 Å². The van der Waals surface area contributed by atoms with Crippen LogP contribution in [0.2, 0.25) is 0 Å². The first-order valence-corrected chi connectivity index (χ1v) is 10.2. The van der Waals surface area contributed by atoms with Gasteiger partial charge in [0.25, 0.3) is 0 Å². The number of hydrogen-bond acceptors (Lipinski definition) is 2. The van der Waals surface area contributed by atoms with Crippen LogP contribution in [0, 0.1) is 5.92 Å². The molecule has 0 spiro atoms. The van der Waals surface area contributed by atoms with Crippen molar-refractivity contribution in [3.8, 4) is 11.1 Å². The topological polar surface area (TPSA) is 17.1 Å². The van der Waals surface area contributed by atoms with Crippen LogP contribution in [0.3, 0.4) is 0 Å². The number of ketones is 1. The van der Waals surface area contributed by atoms with Gasteiger partial charge in [-0.3, -0.25) is 4.79 Å². The summed E-state index contributed by atoms with van der Waals surface area (Å²) in [6, 6.07) is 22.8. The third-order valence-electron chi connectivity index (χ3n) is 5.22. The summed E-state index contributed by atoms with van der Waals surface area (Å²) in [5.41, 5.74) is 5.82. The normalized spacial score (nSPS) is 16.3. The van der Waals surface area contributed by atoms with Crippen molar-refractivity contribution >= 4 is 38.9 Å². The van der Waals surface area contributed by atoms with E-state index >= 15 is 0 Å². The molecule has 1 unspecified atom stereocenters. The molecule has 0 N–H and O–H groups in total. The molecular formula is C26H18OS. The number of carbonyl (C=O) groups is 1. The number of allylic oxidation sites excluding steroid dienone is 5. The molecule has 0 radical (unpaired) electrons. The Kier molecular flexibility index (Phi) is 4.27. The smallest absolute Gasteiger partial charge is 0.166 e. The molecule has 1 heterocycles. The fourth-order valence-corrected chi connectivity index (χ4v) is 4.77. The highest BCUT2D eigenvalue weighted by atomic mass is 32.1. The minimum absolute atomic E-state index is 0.111. The third-order valence-corrected chi connectivity index (χ3v) is 6.17. The van der Waals surface area contributed by atoms with E-state index in [2.05, 4.69) is 47.8 Å². The number of hydrogen-bond donors (Lipinski definition) is 0. The summed E-state index contributed by atoms with van der Waals surface area (Å²) in [4.78, 5) is 12.8. The molecular weight excluding hydrogens is 360 g/mol. The molecule has 0 amide bonds. The van der Waals surface area contributed by atoms with Crippen molar-refractivity contribution < 1.29 is 4.79 Å². The molecule has 5 rings (SSSR count). The fourth-order valence-electron chi connectivity index (χ4n) is 3.82. The Morgan fingerprint density at radius 3 is 2.46 bits per heavy atom. The van der Waals surface area contributed by atoms with Gasteiger partial charge < -0.3 is 0 Å². The molecule has 2 heteroatoms. The number of fused-ring (bicyclic) bond motifs is 3. The van der Waals surface area contributed by atoms with Crippen LogP contribution in [0.15, 0.2) is 96.4 Å². The molecule has 28 heavy (non-hydrogen) atoms. The highest BCUT2D eigenvalue weighted by molar-refractivity contribution is 7.18. The SMILES string of the molecule is O=C(/C=C/c1c2cccccc-2c2sccc12)C1C=CC(c2ccccc2)=C1. The first-order valence-electron chi connectivity index (χ1n) is 9.36. The summed E-state index contributed by atoms with van der Waals surface area (Å²) in [6.45, 7) is 0. The van der Waals surface area contributed by atoms with Crippen LogP contribution in [0.25, 0.3) is 32.9 Å². The highest BCUT2D eigenvalue weighted by Crippen LogP contribution is 2.42. The molecule has 134 valence electrons. The van der Waals surface area contributed by atoms with Gasteiger partial charge in [-0.1, -0.05) is 85.0 Å². The van der Waals surface area contributed by atoms with E-state index in [1.807, 2.05) is 48.6 Å². The Labute approximate surface area is 168 Å². The van der Waals surface area contributed by atoms with Crippen LogP contribution < -0.4 is 0 Å². The van der Waals surface area contributed by atoms with Crippen LogP contribution in [0.4, 0.5) is 0 Å². The van der Waals surface area contributed by atoms with Gasteiger partial charge in [0, 0.05) is 15.6 Å². The minimum Gasteiger partial charge on any atom is -0.294 e. The van der Waals surface area contributed by atoms with E-state index in [9.17, 15) is 4.79 Å². The van der Waals surface area contributed by atoms with Gasteiger partial charge in [0.2, 0.25) is 0 Å². The van der Waals surface area contributed by atoms with Gasteiger partial charge in [0.15, 0.2) is 5.78 Å². The van der Waals surface area contributed by atoms with Gasteiger partial charge in [0.05, 0.1) is 5.92 Å². The lowest BCUT2D eigenvalue weighted by Gasteiger charge is -2.01. The van der Waals surface area contributed by atoms with E-state index in [-0.39, 0.29) is 11.7 Å². The molecule has 0 bridgehead atoms. The van der Waals surface area contributed by atoms with E-state index in [4.69, 9.17) is 0 Å². The second kappa shape index (κ2) is 7.06. The first kappa shape index (κ1) is 16.9. The number of carbonyl (C=O) groups excluding carboxylic acids is 1. The number of rotatable bonds is 4. The molecule has 1 nitrogen and oxygen atoms in total. The lowest BCUT2D eigenvalue weighted by molar-refractivity contribution is -0.115. The summed E-state index contributed by atoms with van der Waals surface area (Å²) >= 11 is 1.75. The zero-order valence-electron chi connectivity index (χ0n) is 15.2. The average Bonchev–Trinajstić information content (AvgIpc) is 3.41. The lowest BCUT2D eigenvalue weighted by atomic mass is 10.0. The Morgan fingerprint density at radius 2 is 1.64 bits per heavy atom. The Balaban J connectivity index is 1.46. The minimum atomic E-state index is -0.193. The van der Waals surface area contributed by atoms with Crippen molar-refractivity contribution in [1.29, 1.82) is 0 Å². The second-order valence-electron chi connectivity index (χ2n) is 6.92. The van der Waals surface area contributed by atoms with E-state index < -0.39 is 0 Å². The Bertz CT molecular complexity index is 1220. The second-order valence-corrected chi connectivity index (χ2v) is 7.84. The quantitative estimate of drug-likeness (QED) is 0.355. The molecule has 1 aromatic heterocycles. The molecule has 0 fully saturated rings. The molecule has 1 aromatic carbocycles. The first-order chi connectivity index (χ1) is 13.8. The third kappa shape index (κ3) is 2.92. The van der Waals surface area contributed by atoms with Crippen molar-refractivity contribution in [2.75, 3.05) is 0 Å². The number of benzene rings is 1. The molecule has 0 saturated heterocycles. The maximum Gasteiger partial charge on any atom is 0.166 e. The highest BCUT2D eigenvalue weighted by Gasteiger charge is 2.18. The molecule has 0 aliphatic heterocycles. The average molecular weight is 378 g/mol. The van der Waals surface area contributed by atoms with Gasteiger partial charge in [-0.2, -0.15) is 0 Å². The van der Waals surface area contributed by atoms with Crippen molar-refractivity contribution in [1.82, 2.24) is 0 Å². The van der Waals surface area contributed by atoms with Gasteiger partial charge >= 0.3 is 0 Å². The zero-order valence-corrected chi connectivity index (χ0v) is 16.0. The predicted molar refractivity (Wildman–Crippen MR) is 120 cm³/mol. The van der Waals surface area contributed by atoms with E-state index in [1.165, 1.54) is 21.2 Å². The Morgan fingerprint density at radius 1 is 0.893 bits per heavy atom. The molecule has 1 atom stereocenters. The number of thiophene rings is 1. The largest absolute Gasteiger partial charge is 0.294 e. The molecule has 3 aliphatic carbocycles. The standard InChI is InChI=1S/C26H18OS/c27-25(20-12-11-19(17-20)18-7-3-1-4-8-18)14-13-22-21-9-5-2-6-10-23(21)26-24(22)15-16-28-26/h1-17,20H/b14-13+. The van der Waals surface area contributed by atoms with E-state index in [1.54, 1.807) is 17.4 Å². The zero-order chi connectivity index (χ0) is 18.9. The van der Waals surface area contributed by atoms with Crippen LogP contribution in [-0.4, -0.2) is 5.78 Å². The van der Waals surface area contributed by atoms with Gasteiger partial charge in [-0.05, 0) is 39.8 Å².